The monoisotopic (exact) mass is 661 g/mol. The summed E-state index contributed by atoms with van der Waals surface area (Å²) in [7, 11) is 0. The van der Waals surface area contributed by atoms with Crippen molar-refractivity contribution in [2.45, 2.75) is 252 Å². The molecule has 1 atom stereocenters. The van der Waals surface area contributed by atoms with E-state index in [0.29, 0.717) is 6.42 Å². The second-order valence-corrected chi connectivity index (χ2v) is 15.3. The van der Waals surface area contributed by atoms with Crippen molar-refractivity contribution in [3.63, 3.8) is 0 Å². The van der Waals surface area contributed by atoms with Gasteiger partial charge in [-0.15, -0.1) is 0 Å². The molecule has 0 aromatic heterocycles. The number of nitrogens with one attached hydrogen (secondary N) is 2. The second kappa shape index (κ2) is 34.8. The highest BCUT2D eigenvalue weighted by atomic mass is 16.1. The van der Waals surface area contributed by atoms with Crippen LogP contribution in [-0.4, -0.2) is 35.6 Å². The normalized spacial score (nSPS) is 13.8. The molecular weight excluding hydrogens is 574 g/mol. The molecule has 0 spiro atoms. The maximum absolute atomic E-state index is 12.6. The predicted octanol–water partition coefficient (Wildman–Crippen LogP) is 13.2. The number of amidine groups is 1. The summed E-state index contributed by atoms with van der Waals surface area (Å²) in [5, 5.41) is 6.90. The Kier molecular flexibility index (Phi) is 32.5. The van der Waals surface area contributed by atoms with Crippen molar-refractivity contribution >= 4 is 11.7 Å². The highest BCUT2D eigenvalue weighted by molar-refractivity contribution is 5.79. The number of unbranched alkanes of at least 4 members (excludes halogenated alkanes) is 31. The molecule has 1 rings (SSSR count). The summed E-state index contributed by atoms with van der Waals surface area (Å²) in [6.07, 6.45) is 47.9. The SMILES string of the molecule is CCCCCCCCCCCCCCCCCCCCC1=[N+](C(C)NC(=O)CCCCCCCCCCCCCCCCC)CCN1. The zero-order chi connectivity index (χ0) is 33.9. The van der Waals surface area contributed by atoms with Crippen LogP contribution in [0.3, 0.4) is 0 Å². The average Bonchev–Trinajstić information content (AvgIpc) is 3.55. The van der Waals surface area contributed by atoms with Gasteiger partial charge in [0.15, 0.2) is 6.17 Å². The molecule has 0 bridgehead atoms. The zero-order valence-corrected chi connectivity index (χ0v) is 32.6. The number of amides is 1. The van der Waals surface area contributed by atoms with Crippen LogP contribution < -0.4 is 10.6 Å². The lowest BCUT2D eigenvalue weighted by atomic mass is 10.0. The van der Waals surface area contributed by atoms with Gasteiger partial charge in [-0.2, -0.15) is 0 Å². The Morgan fingerprint density at radius 3 is 1.21 bits per heavy atom. The third-order valence-corrected chi connectivity index (χ3v) is 10.6. The number of rotatable bonds is 37. The van der Waals surface area contributed by atoms with E-state index < -0.39 is 0 Å². The summed E-state index contributed by atoms with van der Waals surface area (Å²) in [6.45, 7) is 8.77. The van der Waals surface area contributed by atoms with Gasteiger partial charge in [0, 0.05) is 12.8 Å². The molecule has 1 aliphatic heterocycles. The van der Waals surface area contributed by atoms with Gasteiger partial charge in [0.1, 0.15) is 13.1 Å². The van der Waals surface area contributed by atoms with Crippen LogP contribution in [0.15, 0.2) is 0 Å². The second-order valence-electron chi connectivity index (χ2n) is 15.3. The molecule has 278 valence electrons. The Morgan fingerprint density at radius 1 is 0.532 bits per heavy atom. The average molecular weight is 661 g/mol. The molecule has 0 aliphatic carbocycles. The lowest BCUT2D eigenvalue weighted by molar-refractivity contribution is -0.558. The Bertz CT molecular complexity index is 705. The molecule has 0 aromatic rings. The molecule has 0 saturated carbocycles. The molecule has 47 heavy (non-hydrogen) atoms. The molecule has 0 saturated heterocycles. The van der Waals surface area contributed by atoms with Crippen molar-refractivity contribution in [2.75, 3.05) is 13.1 Å². The Hall–Kier alpha value is -1.06. The van der Waals surface area contributed by atoms with E-state index in [9.17, 15) is 4.79 Å². The van der Waals surface area contributed by atoms with Crippen molar-refractivity contribution in [3.05, 3.63) is 0 Å². The summed E-state index contributed by atoms with van der Waals surface area (Å²) in [4.78, 5) is 12.6. The summed E-state index contributed by atoms with van der Waals surface area (Å²) in [6, 6.07) is 0. The van der Waals surface area contributed by atoms with Crippen LogP contribution in [0, 0.1) is 0 Å². The van der Waals surface area contributed by atoms with Crippen LogP contribution in [0.5, 0.6) is 0 Å². The number of carbonyl (C=O) groups excluding carboxylic acids is 1. The highest BCUT2D eigenvalue weighted by Gasteiger charge is 2.25. The maximum Gasteiger partial charge on any atom is 0.246 e. The lowest BCUT2D eigenvalue weighted by Crippen LogP contribution is -2.42. The predicted molar refractivity (Wildman–Crippen MR) is 209 cm³/mol. The molecule has 0 aromatic carbocycles. The number of hydrogen-bond acceptors (Lipinski definition) is 2. The first-order chi connectivity index (χ1) is 23.2. The Balaban J connectivity index is 1.93. The third-order valence-electron chi connectivity index (χ3n) is 10.6. The molecule has 1 heterocycles. The largest absolute Gasteiger partial charge is 0.318 e. The molecular formula is C43H86N3O+. The topological polar surface area (TPSA) is 44.1 Å². The van der Waals surface area contributed by atoms with E-state index in [-0.39, 0.29) is 12.1 Å². The van der Waals surface area contributed by atoms with Crippen LogP contribution in [0.1, 0.15) is 245 Å². The minimum atomic E-state index is 0.0967. The van der Waals surface area contributed by atoms with Crippen LogP contribution in [0.2, 0.25) is 0 Å². The van der Waals surface area contributed by atoms with Gasteiger partial charge >= 0.3 is 0 Å². The van der Waals surface area contributed by atoms with Gasteiger partial charge in [-0.3, -0.25) is 10.1 Å². The van der Waals surface area contributed by atoms with E-state index in [0.717, 1.165) is 25.9 Å². The van der Waals surface area contributed by atoms with Crippen LogP contribution in [0.4, 0.5) is 0 Å². The number of hydrogen-bond donors (Lipinski definition) is 2. The fourth-order valence-corrected chi connectivity index (χ4v) is 7.45. The fourth-order valence-electron chi connectivity index (χ4n) is 7.45. The first-order valence-electron chi connectivity index (χ1n) is 21.8. The molecule has 4 nitrogen and oxygen atoms in total. The van der Waals surface area contributed by atoms with Gasteiger partial charge in [-0.05, 0) is 19.8 Å². The van der Waals surface area contributed by atoms with Crippen molar-refractivity contribution in [1.29, 1.82) is 0 Å². The molecule has 0 fully saturated rings. The number of carbonyl (C=O) groups is 1. The zero-order valence-electron chi connectivity index (χ0n) is 32.6. The van der Waals surface area contributed by atoms with Crippen LogP contribution in [0.25, 0.3) is 0 Å². The van der Waals surface area contributed by atoms with Gasteiger partial charge in [0.25, 0.3) is 0 Å². The summed E-state index contributed by atoms with van der Waals surface area (Å²) in [5.41, 5.74) is 0. The van der Waals surface area contributed by atoms with Gasteiger partial charge in [-0.1, -0.05) is 213 Å². The quantitative estimate of drug-likeness (QED) is 0.0514. The minimum absolute atomic E-state index is 0.0967. The van der Waals surface area contributed by atoms with Crippen molar-refractivity contribution in [2.24, 2.45) is 0 Å². The molecule has 1 unspecified atom stereocenters. The van der Waals surface area contributed by atoms with Crippen molar-refractivity contribution in [1.82, 2.24) is 10.6 Å². The minimum Gasteiger partial charge on any atom is -0.318 e. The maximum atomic E-state index is 12.6. The van der Waals surface area contributed by atoms with Gasteiger partial charge in [-0.25, -0.2) is 4.58 Å². The van der Waals surface area contributed by atoms with E-state index in [1.807, 2.05) is 0 Å². The standard InChI is InChI=1S/C43H85N3O/c1-4-6-8-10-12-14-16-18-20-21-22-24-25-27-29-31-33-35-37-42-44-39-40-46(42)41(3)45-43(47)38-36-34-32-30-28-26-23-19-17-15-13-11-9-7-5-2/h41H,4-40H2,1-3H3,(H,45,47)/p+1. The Morgan fingerprint density at radius 2 is 0.851 bits per heavy atom. The van der Waals surface area contributed by atoms with E-state index in [4.69, 9.17) is 0 Å². The van der Waals surface area contributed by atoms with Gasteiger partial charge in [0.05, 0.1) is 0 Å². The Labute approximate surface area is 295 Å². The van der Waals surface area contributed by atoms with Gasteiger partial charge in [0.2, 0.25) is 11.7 Å². The summed E-state index contributed by atoms with van der Waals surface area (Å²) >= 11 is 0. The molecule has 1 amide bonds. The first-order valence-corrected chi connectivity index (χ1v) is 21.8. The molecule has 1 aliphatic rings. The van der Waals surface area contributed by atoms with Crippen molar-refractivity contribution in [3.8, 4) is 0 Å². The van der Waals surface area contributed by atoms with E-state index in [1.54, 1.807) is 0 Å². The van der Waals surface area contributed by atoms with Crippen LogP contribution in [-0.2, 0) is 4.79 Å². The highest BCUT2D eigenvalue weighted by Crippen LogP contribution is 2.16. The molecule has 4 heteroatoms. The molecule has 2 N–H and O–H groups in total. The van der Waals surface area contributed by atoms with E-state index in [1.165, 1.54) is 211 Å². The van der Waals surface area contributed by atoms with E-state index >= 15 is 0 Å². The lowest BCUT2D eigenvalue weighted by Gasteiger charge is -2.15. The smallest absolute Gasteiger partial charge is 0.246 e. The third kappa shape index (κ3) is 28.5. The molecule has 0 radical (unpaired) electrons. The fraction of sp³-hybridized carbons (Fsp3) is 0.953. The van der Waals surface area contributed by atoms with Crippen molar-refractivity contribution < 1.29 is 9.37 Å². The summed E-state index contributed by atoms with van der Waals surface area (Å²) in [5.74, 6) is 1.58. The van der Waals surface area contributed by atoms with Crippen LogP contribution >= 0.6 is 0 Å². The van der Waals surface area contributed by atoms with Gasteiger partial charge < -0.3 is 5.32 Å². The number of nitrogens with zero attached hydrogens (tertiary/aromatic N) is 1. The first kappa shape index (κ1) is 44.0. The summed E-state index contributed by atoms with van der Waals surface area (Å²) < 4.78 is 2.40. The van der Waals surface area contributed by atoms with E-state index in [2.05, 4.69) is 36.0 Å².